The fourth-order valence-electron chi connectivity index (χ4n) is 2.75. The van der Waals surface area contributed by atoms with Crippen LogP contribution in [0.25, 0.3) is 10.9 Å². The lowest BCUT2D eigenvalue weighted by atomic mass is 10.1. The Balaban J connectivity index is 1.71. The van der Waals surface area contributed by atoms with Gasteiger partial charge in [-0.05, 0) is 42.6 Å². The molecule has 3 rings (SSSR count). The summed E-state index contributed by atoms with van der Waals surface area (Å²) in [4.78, 5) is 8.55. The number of methoxy groups -OCH3 is 1. The van der Waals surface area contributed by atoms with Crippen molar-refractivity contribution in [3.8, 4) is 0 Å². The molecule has 1 aromatic carbocycles. The average molecular weight is 361 g/mol. The number of H-pyrrole nitrogens is 1. The van der Waals surface area contributed by atoms with E-state index >= 15 is 0 Å². The van der Waals surface area contributed by atoms with E-state index in [1.807, 2.05) is 23.1 Å². The van der Waals surface area contributed by atoms with Crippen molar-refractivity contribution >= 4 is 34.0 Å². The molecule has 3 aromatic rings. The first kappa shape index (κ1) is 17.5. The Morgan fingerprint density at radius 1 is 1.21 bits per heavy atom. The van der Waals surface area contributed by atoms with Gasteiger partial charge in [0.1, 0.15) is 0 Å². The Morgan fingerprint density at radius 3 is 2.92 bits per heavy atom. The van der Waals surface area contributed by atoms with Crippen molar-refractivity contribution in [3.63, 3.8) is 0 Å². The summed E-state index contributed by atoms with van der Waals surface area (Å²) in [5.74, 6) is 1.04. The van der Waals surface area contributed by atoms with Crippen LogP contribution in [-0.2, 0) is 16.9 Å². The smallest absolute Gasteiger partial charge is 0.0589 e. The largest absolute Gasteiger partial charge is 0.383 e. The third-order valence-electron chi connectivity index (χ3n) is 4.14. The van der Waals surface area contributed by atoms with E-state index in [0.29, 0.717) is 0 Å². The molecule has 0 aliphatic rings. The maximum atomic E-state index is 5.16. The lowest BCUT2D eigenvalue weighted by Gasteiger charge is -2.15. The first-order valence-electron chi connectivity index (χ1n) is 8.19. The van der Waals surface area contributed by atoms with Gasteiger partial charge in [0, 0.05) is 52.8 Å². The van der Waals surface area contributed by atoms with E-state index in [0.717, 1.165) is 31.9 Å². The molecule has 2 aromatic heterocycles. The Labute approximate surface area is 152 Å². The van der Waals surface area contributed by atoms with Gasteiger partial charge in [-0.2, -0.15) is 0 Å². The number of rotatable bonds is 9. The molecule has 0 aliphatic heterocycles. The van der Waals surface area contributed by atoms with Gasteiger partial charge in [0.2, 0.25) is 0 Å². The molecule has 0 amide bonds. The molecule has 128 valence electrons. The highest BCUT2D eigenvalue weighted by molar-refractivity contribution is 7.98. The number of likely N-dealkylation sites (N-methyl/N-ethyl adjacent to an activating group) is 1. The molecule has 0 radical (unpaired) electrons. The van der Waals surface area contributed by atoms with E-state index in [9.17, 15) is 0 Å². The number of fused-ring (bicyclic) bond motifs is 1. The fourth-order valence-corrected chi connectivity index (χ4v) is 4.64. The van der Waals surface area contributed by atoms with Gasteiger partial charge in [-0.3, -0.25) is 0 Å². The predicted molar refractivity (Wildman–Crippen MR) is 105 cm³/mol. The second kappa shape index (κ2) is 8.72. The van der Waals surface area contributed by atoms with Crippen molar-refractivity contribution in [1.29, 1.82) is 0 Å². The van der Waals surface area contributed by atoms with Gasteiger partial charge in [-0.25, -0.2) is 0 Å². The molecule has 3 nitrogen and oxygen atoms in total. The van der Waals surface area contributed by atoms with Crippen LogP contribution in [0.3, 0.4) is 0 Å². The standard InChI is InChI=1S/C19H24N2OS2/c1-21(10-11-22-2)9-8-15-13-20-17-6-3-7-18(19(15)17)24-14-16-5-4-12-23-16/h3-7,12-13,20H,8-11,14H2,1-2H3. The summed E-state index contributed by atoms with van der Waals surface area (Å²) >= 11 is 3.76. The summed E-state index contributed by atoms with van der Waals surface area (Å²) in [6.45, 7) is 2.80. The first-order chi connectivity index (χ1) is 11.8. The zero-order chi connectivity index (χ0) is 16.8. The molecule has 0 fully saturated rings. The molecule has 0 unspecified atom stereocenters. The molecule has 0 spiro atoms. The molecular formula is C19H24N2OS2. The first-order valence-corrected chi connectivity index (χ1v) is 10.1. The van der Waals surface area contributed by atoms with Crippen molar-refractivity contribution in [2.45, 2.75) is 17.1 Å². The van der Waals surface area contributed by atoms with Crippen LogP contribution in [0.2, 0.25) is 0 Å². The van der Waals surface area contributed by atoms with Crippen molar-refractivity contribution in [1.82, 2.24) is 9.88 Å². The average Bonchev–Trinajstić information content (AvgIpc) is 3.26. The SMILES string of the molecule is COCCN(C)CCc1c[nH]c2cccc(SCc3cccs3)c12. The Kier molecular flexibility index (Phi) is 6.37. The highest BCUT2D eigenvalue weighted by atomic mass is 32.2. The fraction of sp³-hybridized carbons (Fsp3) is 0.368. The lowest BCUT2D eigenvalue weighted by molar-refractivity contribution is 0.162. The van der Waals surface area contributed by atoms with Crippen LogP contribution in [0, 0.1) is 0 Å². The highest BCUT2D eigenvalue weighted by Gasteiger charge is 2.10. The number of nitrogens with zero attached hydrogens (tertiary/aromatic N) is 1. The number of aromatic amines is 1. The van der Waals surface area contributed by atoms with Crippen LogP contribution in [0.4, 0.5) is 0 Å². The number of thiophene rings is 1. The topological polar surface area (TPSA) is 28.3 Å². The van der Waals surface area contributed by atoms with Crippen molar-refractivity contribution in [3.05, 3.63) is 52.3 Å². The van der Waals surface area contributed by atoms with Crippen molar-refractivity contribution < 1.29 is 4.74 Å². The lowest BCUT2D eigenvalue weighted by Crippen LogP contribution is -2.25. The molecule has 24 heavy (non-hydrogen) atoms. The van der Waals surface area contributed by atoms with Gasteiger partial charge in [-0.15, -0.1) is 23.1 Å². The maximum Gasteiger partial charge on any atom is 0.0589 e. The number of hydrogen-bond donors (Lipinski definition) is 1. The summed E-state index contributed by atoms with van der Waals surface area (Å²) in [5.41, 5.74) is 2.64. The maximum absolute atomic E-state index is 5.16. The molecule has 5 heteroatoms. The van der Waals surface area contributed by atoms with Crippen LogP contribution >= 0.6 is 23.1 Å². The normalized spacial score (nSPS) is 11.6. The van der Waals surface area contributed by atoms with E-state index in [-0.39, 0.29) is 0 Å². The number of aromatic nitrogens is 1. The predicted octanol–water partition coefficient (Wildman–Crippen LogP) is 4.64. The van der Waals surface area contributed by atoms with Crippen molar-refractivity contribution in [2.75, 3.05) is 33.9 Å². The van der Waals surface area contributed by atoms with E-state index in [2.05, 4.69) is 58.8 Å². The molecule has 0 atom stereocenters. The van der Waals surface area contributed by atoms with Crippen molar-refractivity contribution in [2.24, 2.45) is 0 Å². The number of benzene rings is 1. The Bertz CT molecular complexity index is 752. The van der Waals surface area contributed by atoms with Gasteiger partial charge in [-0.1, -0.05) is 12.1 Å². The molecule has 0 saturated carbocycles. The summed E-state index contributed by atoms with van der Waals surface area (Å²) in [7, 11) is 3.91. The summed E-state index contributed by atoms with van der Waals surface area (Å²) in [6.07, 6.45) is 3.22. The number of nitrogens with one attached hydrogen (secondary N) is 1. The van der Waals surface area contributed by atoms with Crippen LogP contribution in [-0.4, -0.2) is 43.7 Å². The third-order valence-corrected chi connectivity index (χ3v) is 6.30. The summed E-state index contributed by atoms with van der Waals surface area (Å²) in [5, 5.41) is 3.54. The third kappa shape index (κ3) is 4.42. The number of ether oxygens (including phenoxy) is 1. The van der Waals surface area contributed by atoms with Gasteiger partial charge in [0.05, 0.1) is 6.61 Å². The number of thioether (sulfide) groups is 1. The summed E-state index contributed by atoms with van der Waals surface area (Å²) in [6, 6.07) is 10.9. The van der Waals surface area contributed by atoms with E-state index < -0.39 is 0 Å². The van der Waals surface area contributed by atoms with Gasteiger partial charge in [0.15, 0.2) is 0 Å². The van der Waals surface area contributed by atoms with Crippen LogP contribution in [0.15, 0.2) is 46.8 Å². The second-order valence-electron chi connectivity index (χ2n) is 5.91. The molecule has 0 saturated heterocycles. The van der Waals surface area contributed by atoms with E-state index in [1.165, 1.54) is 26.2 Å². The second-order valence-corrected chi connectivity index (χ2v) is 7.96. The quantitative estimate of drug-likeness (QED) is 0.563. The minimum atomic E-state index is 0.784. The minimum absolute atomic E-state index is 0.784. The van der Waals surface area contributed by atoms with Crippen LogP contribution < -0.4 is 0 Å². The van der Waals surface area contributed by atoms with Gasteiger partial charge < -0.3 is 14.6 Å². The minimum Gasteiger partial charge on any atom is -0.383 e. The monoisotopic (exact) mass is 360 g/mol. The van der Waals surface area contributed by atoms with Crippen LogP contribution in [0.5, 0.6) is 0 Å². The molecular weight excluding hydrogens is 336 g/mol. The van der Waals surface area contributed by atoms with Gasteiger partial charge >= 0.3 is 0 Å². The highest BCUT2D eigenvalue weighted by Crippen LogP contribution is 2.33. The number of hydrogen-bond acceptors (Lipinski definition) is 4. The van der Waals surface area contributed by atoms with Crippen LogP contribution in [0.1, 0.15) is 10.4 Å². The summed E-state index contributed by atoms with van der Waals surface area (Å²) < 4.78 is 5.16. The van der Waals surface area contributed by atoms with Gasteiger partial charge in [0.25, 0.3) is 0 Å². The van der Waals surface area contributed by atoms with E-state index in [4.69, 9.17) is 4.74 Å². The zero-order valence-electron chi connectivity index (χ0n) is 14.2. The molecule has 0 bridgehead atoms. The molecule has 2 heterocycles. The molecule has 1 N–H and O–H groups in total. The van der Waals surface area contributed by atoms with E-state index in [1.54, 1.807) is 7.11 Å². The Hall–Kier alpha value is -1.27. The molecule has 0 aliphatic carbocycles. The Morgan fingerprint density at radius 2 is 2.12 bits per heavy atom. The zero-order valence-corrected chi connectivity index (χ0v) is 15.9.